The van der Waals surface area contributed by atoms with Crippen molar-refractivity contribution < 1.29 is 19.1 Å². The Hall–Kier alpha value is -2.88. The van der Waals surface area contributed by atoms with E-state index in [1.165, 1.54) is 13.4 Å². The number of esters is 1. The second-order valence-electron chi connectivity index (χ2n) is 5.00. The van der Waals surface area contributed by atoms with Crippen molar-refractivity contribution in [1.29, 1.82) is 0 Å². The van der Waals surface area contributed by atoms with Crippen LogP contribution in [0.25, 0.3) is 0 Å². The summed E-state index contributed by atoms with van der Waals surface area (Å²) in [5.74, 6) is -0.157. The van der Waals surface area contributed by atoms with Crippen molar-refractivity contribution in [3.63, 3.8) is 0 Å². The number of ketones is 1. The Morgan fingerprint density at radius 1 is 1.00 bits per heavy atom. The van der Waals surface area contributed by atoms with Crippen LogP contribution in [0.4, 0.5) is 0 Å². The van der Waals surface area contributed by atoms with E-state index in [9.17, 15) is 9.59 Å². The molecule has 0 saturated heterocycles. The minimum Gasteiger partial charge on any atom is -0.504 e. The zero-order valence-corrected chi connectivity index (χ0v) is 13.1. The molecule has 0 aliphatic rings. The van der Waals surface area contributed by atoms with Crippen molar-refractivity contribution >= 4 is 11.8 Å². The summed E-state index contributed by atoms with van der Waals surface area (Å²) in [6, 6.07) is 16.0. The first-order valence-corrected chi connectivity index (χ1v) is 7.19. The SMILES string of the molecule is COC=C(C)C(=O)Oc1ccccc1CC(=O)c1ccccc1. The summed E-state index contributed by atoms with van der Waals surface area (Å²) in [6.45, 7) is 1.60. The van der Waals surface area contributed by atoms with E-state index in [1.807, 2.05) is 24.3 Å². The van der Waals surface area contributed by atoms with Crippen LogP contribution in [-0.4, -0.2) is 18.9 Å². The predicted molar refractivity (Wildman–Crippen MR) is 87.3 cm³/mol. The maximum Gasteiger partial charge on any atom is 0.342 e. The molecule has 0 bridgehead atoms. The number of hydrogen-bond acceptors (Lipinski definition) is 4. The van der Waals surface area contributed by atoms with Crippen LogP contribution in [0.15, 0.2) is 66.4 Å². The molecule has 0 unspecified atom stereocenters. The van der Waals surface area contributed by atoms with Crippen LogP contribution in [0.5, 0.6) is 5.75 Å². The van der Waals surface area contributed by atoms with Crippen LogP contribution < -0.4 is 4.74 Å². The lowest BCUT2D eigenvalue weighted by atomic mass is 10.0. The van der Waals surface area contributed by atoms with E-state index in [1.54, 1.807) is 37.3 Å². The highest BCUT2D eigenvalue weighted by Gasteiger charge is 2.14. The quantitative estimate of drug-likeness (QED) is 0.269. The van der Waals surface area contributed by atoms with E-state index in [0.717, 1.165) is 0 Å². The normalized spacial score (nSPS) is 11.0. The highest BCUT2D eigenvalue weighted by molar-refractivity contribution is 5.98. The van der Waals surface area contributed by atoms with E-state index in [4.69, 9.17) is 9.47 Å². The number of carbonyl (C=O) groups is 2. The van der Waals surface area contributed by atoms with Gasteiger partial charge in [0.25, 0.3) is 0 Å². The van der Waals surface area contributed by atoms with Crippen molar-refractivity contribution in [3.8, 4) is 5.75 Å². The lowest BCUT2D eigenvalue weighted by molar-refractivity contribution is -0.130. The van der Waals surface area contributed by atoms with Gasteiger partial charge < -0.3 is 9.47 Å². The van der Waals surface area contributed by atoms with Gasteiger partial charge in [0.05, 0.1) is 18.9 Å². The van der Waals surface area contributed by atoms with Crippen molar-refractivity contribution in [2.45, 2.75) is 13.3 Å². The molecule has 0 heterocycles. The maximum atomic E-state index is 12.3. The molecular formula is C19H18O4. The average molecular weight is 310 g/mol. The molecular weight excluding hydrogens is 292 g/mol. The fraction of sp³-hybridized carbons (Fsp3) is 0.158. The molecule has 0 spiro atoms. The second kappa shape index (κ2) is 7.94. The van der Waals surface area contributed by atoms with Gasteiger partial charge in [-0.2, -0.15) is 0 Å². The first-order valence-electron chi connectivity index (χ1n) is 7.19. The van der Waals surface area contributed by atoms with Crippen LogP contribution in [0.2, 0.25) is 0 Å². The number of para-hydroxylation sites is 1. The molecule has 118 valence electrons. The third-order valence-corrected chi connectivity index (χ3v) is 3.24. The van der Waals surface area contributed by atoms with E-state index >= 15 is 0 Å². The highest BCUT2D eigenvalue weighted by atomic mass is 16.5. The first-order chi connectivity index (χ1) is 11.1. The minimum absolute atomic E-state index is 0.0294. The van der Waals surface area contributed by atoms with E-state index in [2.05, 4.69) is 0 Å². The zero-order valence-electron chi connectivity index (χ0n) is 13.1. The van der Waals surface area contributed by atoms with Gasteiger partial charge in [-0.1, -0.05) is 48.5 Å². The van der Waals surface area contributed by atoms with Gasteiger partial charge in [0.1, 0.15) is 5.75 Å². The van der Waals surface area contributed by atoms with E-state index in [-0.39, 0.29) is 12.2 Å². The summed E-state index contributed by atoms with van der Waals surface area (Å²) >= 11 is 0. The molecule has 4 heteroatoms. The number of ether oxygens (including phenoxy) is 2. The maximum absolute atomic E-state index is 12.3. The average Bonchev–Trinajstić information content (AvgIpc) is 2.57. The lowest BCUT2D eigenvalue weighted by Gasteiger charge is -2.10. The molecule has 0 amide bonds. The first kappa shape index (κ1) is 16.5. The Bertz CT molecular complexity index is 717. The van der Waals surface area contributed by atoms with Gasteiger partial charge in [-0.05, 0) is 13.0 Å². The number of rotatable bonds is 6. The van der Waals surface area contributed by atoms with Crippen molar-refractivity contribution in [2.75, 3.05) is 7.11 Å². The molecule has 23 heavy (non-hydrogen) atoms. The van der Waals surface area contributed by atoms with Gasteiger partial charge in [0.2, 0.25) is 0 Å². The monoisotopic (exact) mass is 310 g/mol. The summed E-state index contributed by atoms with van der Waals surface area (Å²) < 4.78 is 10.2. The second-order valence-corrected chi connectivity index (χ2v) is 5.00. The smallest absolute Gasteiger partial charge is 0.342 e. The number of hydrogen-bond donors (Lipinski definition) is 0. The van der Waals surface area contributed by atoms with Crippen molar-refractivity contribution in [3.05, 3.63) is 77.6 Å². The molecule has 0 N–H and O–H groups in total. The van der Waals surface area contributed by atoms with Gasteiger partial charge >= 0.3 is 5.97 Å². The predicted octanol–water partition coefficient (Wildman–Crippen LogP) is 3.57. The van der Waals surface area contributed by atoms with Gasteiger partial charge in [-0.25, -0.2) is 4.79 Å². The van der Waals surface area contributed by atoms with Crippen LogP contribution in [0.3, 0.4) is 0 Å². The van der Waals surface area contributed by atoms with E-state index < -0.39 is 5.97 Å². The number of methoxy groups -OCH3 is 1. The summed E-state index contributed by atoms with van der Waals surface area (Å²) in [4.78, 5) is 24.3. The fourth-order valence-corrected chi connectivity index (χ4v) is 2.05. The molecule has 0 radical (unpaired) electrons. The Morgan fingerprint density at radius 2 is 1.65 bits per heavy atom. The zero-order chi connectivity index (χ0) is 16.7. The largest absolute Gasteiger partial charge is 0.504 e. The summed E-state index contributed by atoms with van der Waals surface area (Å²) in [5, 5.41) is 0. The van der Waals surface area contributed by atoms with Crippen LogP contribution in [-0.2, 0) is 16.0 Å². The standard InChI is InChI=1S/C19H18O4/c1-14(13-22-2)19(21)23-18-11-7-6-10-16(18)12-17(20)15-8-4-3-5-9-15/h3-11,13H,12H2,1-2H3. The topological polar surface area (TPSA) is 52.6 Å². The Balaban J connectivity index is 2.16. The minimum atomic E-state index is -0.508. The lowest BCUT2D eigenvalue weighted by Crippen LogP contribution is -2.12. The summed E-state index contributed by atoms with van der Waals surface area (Å²) in [7, 11) is 1.46. The van der Waals surface area contributed by atoms with Crippen molar-refractivity contribution in [2.24, 2.45) is 0 Å². The van der Waals surface area contributed by atoms with Crippen LogP contribution in [0.1, 0.15) is 22.8 Å². The van der Waals surface area contributed by atoms with Crippen molar-refractivity contribution in [1.82, 2.24) is 0 Å². The Labute approximate surface area is 135 Å². The molecule has 2 aromatic carbocycles. The molecule has 2 rings (SSSR count). The fourth-order valence-electron chi connectivity index (χ4n) is 2.05. The molecule has 4 nitrogen and oxygen atoms in total. The number of Topliss-reactive ketones (excluding diaryl/α,β-unsaturated/α-hetero) is 1. The third-order valence-electron chi connectivity index (χ3n) is 3.24. The summed E-state index contributed by atoms with van der Waals surface area (Å²) in [6.07, 6.45) is 1.49. The molecule has 0 atom stereocenters. The van der Waals surface area contributed by atoms with E-state index in [0.29, 0.717) is 22.4 Å². The Morgan fingerprint density at radius 3 is 2.35 bits per heavy atom. The Kier molecular flexibility index (Phi) is 5.69. The van der Waals surface area contributed by atoms with Gasteiger partial charge in [0, 0.05) is 17.5 Å². The molecule has 0 fully saturated rings. The molecule has 0 saturated carbocycles. The molecule has 2 aromatic rings. The van der Waals surface area contributed by atoms with Crippen LogP contribution in [0, 0.1) is 0 Å². The van der Waals surface area contributed by atoms with Crippen LogP contribution >= 0.6 is 0 Å². The molecule has 0 aliphatic heterocycles. The molecule has 0 aromatic heterocycles. The molecule has 0 aliphatic carbocycles. The van der Waals surface area contributed by atoms with Gasteiger partial charge in [-0.3, -0.25) is 4.79 Å². The third kappa shape index (κ3) is 4.54. The van der Waals surface area contributed by atoms with Gasteiger partial charge in [0.15, 0.2) is 5.78 Å². The van der Waals surface area contributed by atoms with Gasteiger partial charge in [-0.15, -0.1) is 0 Å². The highest BCUT2D eigenvalue weighted by Crippen LogP contribution is 2.21. The number of carbonyl (C=O) groups excluding carboxylic acids is 2. The number of benzene rings is 2. The summed E-state index contributed by atoms with van der Waals surface area (Å²) in [5.41, 5.74) is 1.64.